The van der Waals surface area contributed by atoms with Crippen LogP contribution in [0, 0.1) is 5.95 Å². The first-order valence-corrected chi connectivity index (χ1v) is 9.78. The summed E-state index contributed by atoms with van der Waals surface area (Å²) >= 11 is 0.673. The van der Waals surface area contributed by atoms with Gasteiger partial charge in [0.1, 0.15) is 12.0 Å². The number of aromatic nitrogens is 4. The van der Waals surface area contributed by atoms with E-state index in [2.05, 4.69) is 25.3 Å². The monoisotopic (exact) mass is 423 g/mol. The van der Waals surface area contributed by atoms with Crippen molar-refractivity contribution < 1.29 is 17.5 Å². The molecule has 0 aliphatic heterocycles. The van der Waals surface area contributed by atoms with Gasteiger partial charge in [-0.2, -0.15) is 13.7 Å². The number of rotatable bonds is 7. The quantitative estimate of drug-likeness (QED) is 0.254. The van der Waals surface area contributed by atoms with Crippen molar-refractivity contribution in [3.63, 3.8) is 0 Å². The Balaban J connectivity index is 1.77. The Kier molecular flexibility index (Phi) is 5.76. The summed E-state index contributed by atoms with van der Waals surface area (Å²) in [5.74, 6) is -0.382. The first-order valence-electron chi connectivity index (χ1n) is 8.36. The topological polar surface area (TPSA) is 74.1 Å². The van der Waals surface area contributed by atoms with Gasteiger partial charge in [0.25, 0.3) is 0 Å². The Labute approximate surface area is 168 Å². The summed E-state index contributed by atoms with van der Waals surface area (Å²) in [5.41, 5.74) is 4.52. The first-order chi connectivity index (χ1) is 13.7. The maximum Gasteiger partial charge on any atom is 0.241 e. The molecule has 1 N–H and O–H groups in total. The summed E-state index contributed by atoms with van der Waals surface area (Å²) in [6, 6.07) is 7.06. The Hall–Kier alpha value is -2.21. The Morgan fingerprint density at radius 1 is 1.25 bits per heavy atom. The lowest BCUT2D eigenvalue weighted by atomic mass is 9.98. The van der Waals surface area contributed by atoms with Gasteiger partial charge < -0.3 is 5.32 Å². The molecule has 1 aliphatic carbocycles. The predicted molar refractivity (Wildman–Crippen MR) is 103 cm³/mol. The van der Waals surface area contributed by atoms with Crippen LogP contribution in [0.1, 0.15) is 17.5 Å². The summed E-state index contributed by atoms with van der Waals surface area (Å²) in [4.78, 5) is 12.4. The molecule has 2 aromatic heterocycles. The second-order valence-corrected chi connectivity index (χ2v) is 7.10. The van der Waals surface area contributed by atoms with E-state index in [0.29, 0.717) is 5.56 Å². The van der Waals surface area contributed by atoms with Gasteiger partial charge >= 0.3 is 0 Å². The fourth-order valence-electron chi connectivity index (χ4n) is 3.24. The van der Waals surface area contributed by atoms with Crippen LogP contribution in [0.4, 0.5) is 19.9 Å². The van der Waals surface area contributed by atoms with Gasteiger partial charge in [-0.3, -0.25) is 0 Å². The molecule has 2 heterocycles. The van der Waals surface area contributed by atoms with E-state index in [-0.39, 0.29) is 23.4 Å². The van der Waals surface area contributed by atoms with E-state index >= 15 is 0 Å². The highest BCUT2D eigenvalue weighted by atomic mass is 32.2. The van der Waals surface area contributed by atoms with Crippen molar-refractivity contribution in [1.29, 1.82) is 0 Å². The zero-order valence-corrected chi connectivity index (χ0v) is 16.3. The molecule has 4 rings (SSSR count). The van der Waals surface area contributed by atoms with E-state index in [4.69, 9.17) is 4.33 Å². The second-order valence-electron chi connectivity index (χ2n) is 5.95. The molecular formula is C17H15F2N5O2S2. The van der Waals surface area contributed by atoms with Gasteiger partial charge in [-0.1, -0.05) is 12.1 Å². The van der Waals surface area contributed by atoms with E-state index < -0.39 is 5.95 Å². The Morgan fingerprint density at radius 3 is 2.93 bits per heavy atom. The Bertz CT molecular complexity index is 1000. The van der Waals surface area contributed by atoms with Crippen LogP contribution in [-0.2, 0) is 22.1 Å². The van der Waals surface area contributed by atoms with Crippen LogP contribution in [0.3, 0.4) is 0 Å². The lowest BCUT2D eigenvalue weighted by molar-refractivity contribution is -0.160. The van der Waals surface area contributed by atoms with E-state index in [0.717, 1.165) is 52.2 Å². The smallest absolute Gasteiger partial charge is 0.241 e. The number of aryl methyl sites for hydroxylation is 1. The van der Waals surface area contributed by atoms with Crippen LogP contribution in [-0.4, -0.2) is 26.3 Å². The van der Waals surface area contributed by atoms with Crippen LogP contribution in [0.2, 0.25) is 0 Å². The zero-order valence-electron chi connectivity index (χ0n) is 14.7. The lowest BCUT2D eigenvalue weighted by Crippen LogP contribution is -2.03. The highest BCUT2D eigenvalue weighted by Gasteiger charge is 2.22. The molecule has 1 aliphatic rings. The summed E-state index contributed by atoms with van der Waals surface area (Å²) in [5, 5.41) is 7.35. The number of nitrogens with one attached hydrogen (secondary N) is 1. The fourth-order valence-corrected chi connectivity index (χ4v) is 3.92. The molecule has 0 spiro atoms. The maximum atomic E-state index is 13.7. The second kappa shape index (κ2) is 8.43. The molecule has 7 nitrogen and oxygen atoms in total. The summed E-state index contributed by atoms with van der Waals surface area (Å²) in [7, 11) is 1.35. The number of pyridine rings is 1. The summed E-state index contributed by atoms with van der Waals surface area (Å²) in [6.07, 6.45) is 4.26. The van der Waals surface area contributed by atoms with Gasteiger partial charge in [-0.05, 0) is 42.0 Å². The number of benzene rings is 1. The van der Waals surface area contributed by atoms with Crippen molar-refractivity contribution in [2.45, 2.75) is 24.4 Å². The number of anilines is 2. The van der Waals surface area contributed by atoms with Crippen LogP contribution in [0.25, 0.3) is 11.1 Å². The third kappa shape index (κ3) is 3.83. The average molecular weight is 423 g/mol. The molecule has 1 aromatic carbocycles. The molecule has 11 heteroatoms. The standard InChI is InChI=1S/C17H15F2N5O2S2/c1-25-26-27-17-22-16(24(23-17)28-19)21-15-12-4-2-3-10(12)5-6-13(15)11-7-8-20-14(18)9-11/h5-9H,2-4H2,1H3,(H,21,22,23). The zero-order chi connectivity index (χ0) is 19.5. The third-order valence-electron chi connectivity index (χ3n) is 4.36. The molecule has 146 valence electrons. The highest BCUT2D eigenvalue weighted by molar-refractivity contribution is 7.94. The summed E-state index contributed by atoms with van der Waals surface area (Å²) < 4.78 is 32.8. The molecule has 28 heavy (non-hydrogen) atoms. The third-order valence-corrected chi connectivity index (χ3v) is 5.27. The first kappa shape index (κ1) is 19.1. The largest absolute Gasteiger partial charge is 0.323 e. The number of nitrogens with zero attached hydrogens (tertiary/aromatic N) is 4. The molecule has 0 fully saturated rings. The molecule has 0 saturated carbocycles. The van der Waals surface area contributed by atoms with Gasteiger partial charge in [-0.25, -0.2) is 9.87 Å². The maximum absolute atomic E-state index is 13.7. The van der Waals surface area contributed by atoms with Crippen molar-refractivity contribution in [2.75, 3.05) is 12.4 Å². The molecule has 0 bridgehead atoms. The van der Waals surface area contributed by atoms with Crippen molar-refractivity contribution >= 4 is 36.0 Å². The highest BCUT2D eigenvalue weighted by Crippen LogP contribution is 2.39. The van der Waals surface area contributed by atoms with Crippen LogP contribution >= 0.6 is 24.4 Å². The van der Waals surface area contributed by atoms with Gasteiger partial charge in [0.05, 0.1) is 12.8 Å². The minimum atomic E-state index is -0.568. The van der Waals surface area contributed by atoms with E-state index in [9.17, 15) is 8.28 Å². The predicted octanol–water partition coefficient (Wildman–Crippen LogP) is 4.68. The number of hydrogen-bond donors (Lipinski definition) is 1. The molecule has 0 atom stereocenters. The Morgan fingerprint density at radius 2 is 2.14 bits per heavy atom. The number of fused-ring (bicyclic) bond motifs is 1. The van der Waals surface area contributed by atoms with Gasteiger partial charge in [0.15, 0.2) is 12.3 Å². The van der Waals surface area contributed by atoms with Crippen molar-refractivity contribution in [1.82, 2.24) is 19.2 Å². The minimum absolute atomic E-state index is 0.0928. The van der Waals surface area contributed by atoms with Gasteiger partial charge in [0.2, 0.25) is 17.1 Å². The average Bonchev–Trinajstić information content (AvgIpc) is 3.33. The summed E-state index contributed by atoms with van der Waals surface area (Å²) in [6.45, 7) is 0. The van der Waals surface area contributed by atoms with Crippen LogP contribution < -0.4 is 5.32 Å². The van der Waals surface area contributed by atoms with Crippen LogP contribution in [0.5, 0.6) is 0 Å². The molecule has 3 aromatic rings. The molecule has 0 unspecified atom stereocenters. The number of hydrogen-bond acceptors (Lipinski definition) is 8. The molecule has 0 amide bonds. The van der Waals surface area contributed by atoms with E-state index in [1.165, 1.54) is 24.9 Å². The van der Waals surface area contributed by atoms with E-state index in [1.807, 2.05) is 12.1 Å². The fraction of sp³-hybridized carbons (Fsp3) is 0.235. The molecule has 0 saturated heterocycles. The molecular weight excluding hydrogens is 408 g/mol. The normalized spacial score (nSPS) is 13.0. The SMILES string of the molecule is COOSc1nc(Nc2c(-c3ccnc(F)c3)ccc3c2CCC3)n(SF)n1. The van der Waals surface area contributed by atoms with Crippen molar-refractivity contribution in [3.8, 4) is 11.1 Å². The minimum Gasteiger partial charge on any atom is -0.323 e. The van der Waals surface area contributed by atoms with Gasteiger partial charge in [-0.15, -0.1) is 13.1 Å². The lowest BCUT2D eigenvalue weighted by Gasteiger charge is -2.16. The number of halogens is 2. The van der Waals surface area contributed by atoms with Gasteiger partial charge in [0, 0.05) is 17.8 Å². The van der Waals surface area contributed by atoms with Crippen LogP contribution in [0.15, 0.2) is 35.6 Å². The molecule has 0 radical (unpaired) electrons. The van der Waals surface area contributed by atoms with E-state index in [1.54, 1.807) is 6.07 Å². The van der Waals surface area contributed by atoms with Crippen molar-refractivity contribution in [3.05, 3.63) is 47.5 Å². The van der Waals surface area contributed by atoms with Crippen molar-refractivity contribution in [2.24, 2.45) is 0 Å².